The lowest BCUT2D eigenvalue weighted by molar-refractivity contribution is -0.121. The molecule has 0 bridgehead atoms. The number of benzene rings is 2. The molecule has 0 saturated carbocycles. The standard InChI is InChI=1S/C26H27N5O5/c1-15-21(6-8-24(32)27-13-17-5-7-22-23(9-17)36-14-35-22)16(2)31-26(28-15)29-25(30-31)18-10-19(33-3)12-20(11-18)34-4/h5,7,9-12H,6,8,13-14H2,1-4H3,(H,27,32). The van der Waals surface area contributed by atoms with E-state index in [9.17, 15) is 4.79 Å². The number of nitrogens with one attached hydrogen (secondary N) is 1. The van der Waals surface area contributed by atoms with E-state index in [0.29, 0.717) is 48.2 Å². The third kappa shape index (κ3) is 4.61. The zero-order valence-electron chi connectivity index (χ0n) is 20.6. The minimum absolute atomic E-state index is 0.0469. The summed E-state index contributed by atoms with van der Waals surface area (Å²) in [5.41, 5.74) is 4.41. The Labute approximate surface area is 208 Å². The third-order valence-electron chi connectivity index (χ3n) is 6.19. The smallest absolute Gasteiger partial charge is 0.253 e. The largest absolute Gasteiger partial charge is 0.497 e. The number of methoxy groups -OCH3 is 2. The van der Waals surface area contributed by atoms with Crippen molar-refractivity contribution in [2.24, 2.45) is 0 Å². The first-order valence-corrected chi connectivity index (χ1v) is 11.6. The number of ether oxygens (including phenoxy) is 4. The molecule has 1 N–H and O–H groups in total. The molecule has 0 radical (unpaired) electrons. The maximum Gasteiger partial charge on any atom is 0.253 e. The summed E-state index contributed by atoms with van der Waals surface area (Å²) in [6, 6.07) is 11.2. The molecule has 0 atom stereocenters. The van der Waals surface area contributed by atoms with Crippen molar-refractivity contribution in [2.75, 3.05) is 21.0 Å². The van der Waals surface area contributed by atoms with Crippen LogP contribution in [0.25, 0.3) is 17.2 Å². The number of carbonyl (C=O) groups excluding carboxylic acids is 1. The Morgan fingerprint density at radius 3 is 2.53 bits per heavy atom. The Bertz CT molecular complexity index is 1430. The van der Waals surface area contributed by atoms with Crippen LogP contribution in [0.15, 0.2) is 36.4 Å². The number of aryl methyl sites for hydroxylation is 2. The van der Waals surface area contributed by atoms with E-state index < -0.39 is 0 Å². The molecule has 1 aliphatic rings. The van der Waals surface area contributed by atoms with Gasteiger partial charge in [0, 0.05) is 36.0 Å². The van der Waals surface area contributed by atoms with Gasteiger partial charge in [0.2, 0.25) is 12.7 Å². The maximum absolute atomic E-state index is 12.6. The Morgan fingerprint density at radius 2 is 1.78 bits per heavy atom. The summed E-state index contributed by atoms with van der Waals surface area (Å²) in [6.07, 6.45) is 0.865. The van der Waals surface area contributed by atoms with E-state index in [1.54, 1.807) is 24.8 Å². The summed E-state index contributed by atoms with van der Waals surface area (Å²) in [6.45, 7) is 4.53. The van der Waals surface area contributed by atoms with E-state index in [1.807, 2.05) is 44.2 Å². The van der Waals surface area contributed by atoms with Crippen molar-refractivity contribution in [3.05, 3.63) is 58.9 Å². The lowest BCUT2D eigenvalue weighted by Gasteiger charge is -2.11. The van der Waals surface area contributed by atoms with E-state index >= 15 is 0 Å². The van der Waals surface area contributed by atoms with Gasteiger partial charge in [0.25, 0.3) is 5.78 Å². The van der Waals surface area contributed by atoms with Gasteiger partial charge in [-0.1, -0.05) is 6.07 Å². The molecule has 0 unspecified atom stereocenters. The normalized spacial score (nSPS) is 12.1. The van der Waals surface area contributed by atoms with Gasteiger partial charge in [-0.2, -0.15) is 4.98 Å². The molecule has 4 aromatic rings. The third-order valence-corrected chi connectivity index (χ3v) is 6.19. The molecule has 0 spiro atoms. The van der Waals surface area contributed by atoms with Crippen molar-refractivity contribution in [1.82, 2.24) is 24.9 Å². The van der Waals surface area contributed by atoms with E-state index in [1.165, 1.54) is 0 Å². The number of carbonyl (C=O) groups is 1. The second kappa shape index (κ2) is 9.73. The molecule has 0 fully saturated rings. The first-order valence-electron chi connectivity index (χ1n) is 11.6. The summed E-state index contributed by atoms with van der Waals surface area (Å²) < 4.78 is 23.2. The lowest BCUT2D eigenvalue weighted by Crippen LogP contribution is -2.23. The zero-order chi connectivity index (χ0) is 25.2. The fourth-order valence-corrected chi connectivity index (χ4v) is 4.21. The summed E-state index contributed by atoms with van der Waals surface area (Å²) in [5.74, 6) is 3.69. The fraction of sp³-hybridized carbons (Fsp3) is 0.308. The molecule has 10 nitrogen and oxygen atoms in total. The number of hydrogen-bond donors (Lipinski definition) is 1. The minimum Gasteiger partial charge on any atom is -0.497 e. The average Bonchev–Trinajstić information content (AvgIpc) is 3.53. The molecule has 0 saturated heterocycles. The molecule has 186 valence electrons. The highest BCUT2D eigenvalue weighted by Crippen LogP contribution is 2.32. The van der Waals surface area contributed by atoms with Crippen LogP contribution in [-0.2, 0) is 17.8 Å². The second-order valence-electron chi connectivity index (χ2n) is 8.47. The topological polar surface area (TPSA) is 109 Å². The molecule has 36 heavy (non-hydrogen) atoms. The highest BCUT2D eigenvalue weighted by Gasteiger charge is 2.17. The van der Waals surface area contributed by atoms with Crippen LogP contribution < -0.4 is 24.3 Å². The monoisotopic (exact) mass is 489 g/mol. The summed E-state index contributed by atoms with van der Waals surface area (Å²) >= 11 is 0. The lowest BCUT2D eigenvalue weighted by atomic mass is 10.1. The first kappa shape index (κ1) is 23.4. The highest BCUT2D eigenvalue weighted by molar-refractivity contribution is 5.76. The van der Waals surface area contributed by atoms with Crippen LogP contribution in [0.1, 0.15) is 28.9 Å². The summed E-state index contributed by atoms with van der Waals surface area (Å²) in [7, 11) is 3.20. The van der Waals surface area contributed by atoms with E-state index in [-0.39, 0.29) is 12.7 Å². The molecule has 10 heteroatoms. The molecule has 1 aliphatic heterocycles. The van der Waals surface area contributed by atoms with Crippen LogP contribution in [-0.4, -0.2) is 46.5 Å². The second-order valence-corrected chi connectivity index (χ2v) is 8.47. The van der Waals surface area contributed by atoms with Crippen molar-refractivity contribution in [3.8, 4) is 34.4 Å². The minimum atomic E-state index is -0.0469. The van der Waals surface area contributed by atoms with E-state index in [4.69, 9.17) is 18.9 Å². The molecule has 0 aliphatic carbocycles. The number of fused-ring (bicyclic) bond motifs is 2. The van der Waals surface area contributed by atoms with Crippen molar-refractivity contribution in [3.63, 3.8) is 0 Å². The van der Waals surface area contributed by atoms with Gasteiger partial charge in [0.1, 0.15) is 11.5 Å². The van der Waals surface area contributed by atoms with Gasteiger partial charge in [-0.3, -0.25) is 4.79 Å². The number of nitrogens with zero attached hydrogens (tertiary/aromatic N) is 4. The van der Waals surface area contributed by atoms with Gasteiger partial charge < -0.3 is 24.3 Å². The zero-order valence-corrected chi connectivity index (χ0v) is 20.6. The molecular weight excluding hydrogens is 462 g/mol. The van der Waals surface area contributed by atoms with Gasteiger partial charge in [-0.25, -0.2) is 9.50 Å². The fourth-order valence-electron chi connectivity index (χ4n) is 4.21. The quantitative estimate of drug-likeness (QED) is 0.401. The van der Waals surface area contributed by atoms with Crippen LogP contribution in [0.4, 0.5) is 0 Å². The Balaban J connectivity index is 1.30. The van der Waals surface area contributed by atoms with Crippen molar-refractivity contribution < 1.29 is 23.7 Å². The van der Waals surface area contributed by atoms with Crippen molar-refractivity contribution in [2.45, 2.75) is 33.2 Å². The van der Waals surface area contributed by atoms with Crippen molar-refractivity contribution >= 4 is 11.7 Å². The van der Waals surface area contributed by atoms with Gasteiger partial charge in [0.15, 0.2) is 17.3 Å². The van der Waals surface area contributed by atoms with E-state index in [2.05, 4.69) is 20.4 Å². The van der Waals surface area contributed by atoms with Crippen LogP contribution in [0.5, 0.6) is 23.0 Å². The molecular formula is C26H27N5O5. The van der Waals surface area contributed by atoms with Gasteiger partial charge in [-0.05, 0) is 55.7 Å². The van der Waals surface area contributed by atoms with Crippen LogP contribution in [0.2, 0.25) is 0 Å². The highest BCUT2D eigenvalue weighted by atomic mass is 16.7. The van der Waals surface area contributed by atoms with E-state index in [0.717, 1.165) is 33.8 Å². The summed E-state index contributed by atoms with van der Waals surface area (Å²) in [5, 5.41) is 7.65. The molecule has 3 heterocycles. The Morgan fingerprint density at radius 1 is 1.03 bits per heavy atom. The van der Waals surface area contributed by atoms with Gasteiger partial charge in [-0.15, -0.1) is 5.10 Å². The average molecular weight is 490 g/mol. The van der Waals surface area contributed by atoms with Crippen LogP contribution in [0.3, 0.4) is 0 Å². The number of aromatic nitrogens is 4. The molecule has 2 aromatic heterocycles. The summed E-state index contributed by atoms with van der Waals surface area (Å²) in [4.78, 5) is 21.8. The molecule has 2 aromatic carbocycles. The van der Waals surface area contributed by atoms with Gasteiger partial charge in [0.05, 0.1) is 14.2 Å². The Kier molecular flexibility index (Phi) is 6.32. The Hall–Kier alpha value is -4.34. The molecule has 5 rings (SSSR count). The van der Waals surface area contributed by atoms with Crippen LogP contribution >= 0.6 is 0 Å². The SMILES string of the molecule is COc1cc(OC)cc(-c2nc3nc(C)c(CCC(=O)NCc4ccc5c(c4)OCO5)c(C)n3n2)c1. The first-order chi connectivity index (χ1) is 17.4. The predicted octanol–water partition coefficient (Wildman–Crippen LogP) is 3.40. The van der Waals surface area contributed by atoms with Crippen molar-refractivity contribution in [1.29, 1.82) is 0 Å². The van der Waals surface area contributed by atoms with Crippen LogP contribution in [0, 0.1) is 13.8 Å². The maximum atomic E-state index is 12.6. The molecule has 1 amide bonds. The van der Waals surface area contributed by atoms with Gasteiger partial charge >= 0.3 is 0 Å². The number of hydrogen-bond acceptors (Lipinski definition) is 8. The predicted molar refractivity (Wildman–Crippen MR) is 132 cm³/mol. The number of rotatable bonds is 8. The number of amides is 1.